The standard InChI is InChI=1S/C22H16Cl3N3O3/c23-10-3-4-15-14(9-10)22(21(31)26-15)18-17(16-2-1-5-27(16)22)19(29)28(20(18)30)13-7-11(24)6-12(25)8-13/h3-4,6-9,16-18H,1-2,5H2,(H,26,31)/t16-,17-,18-,22-/m1/s1. The average Bonchev–Trinajstić information content (AvgIpc) is 3.39. The van der Waals surface area contributed by atoms with Crippen LogP contribution >= 0.6 is 34.8 Å². The normalized spacial score (nSPS) is 31.4. The molecule has 4 aliphatic heterocycles. The molecule has 1 spiro atoms. The summed E-state index contributed by atoms with van der Waals surface area (Å²) >= 11 is 18.6. The van der Waals surface area contributed by atoms with E-state index in [9.17, 15) is 14.4 Å². The topological polar surface area (TPSA) is 69.7 Å². The number of carbonyl (C=O) groups excluding carboxylic acids is 3. The van der Waals surface area contributed by atoms with Crippen molar-refractivity contribution in [2.75, 3.05) is 16.8 Å². The van der Waals surface area contributed by atoms with Gasteiger partial charge in [0, 0.05) is 32.4 Å². The lowest BCUT2D eigenvalue weighted by Crippen LogP contribution is -2.54. The maximum absolute atomic E-state index is 13.8. The van der Waals surface area contributed by atoms with E-state index in [0.717, 1.165) is 17.7 Å². The molecule has 1 N–H and O–H groups in total. The Bertz CT molecular complexity index is 1180. The summed E-state index contributed by atoms with van der Waals surface area (Å²) in [5.41, 5.74) is 0.365. The highest BCUT2D eigenvalue weighted by Gasteiger charge is 2.74. The Morgan fingerprint density at radius 1 is 0.935 bits per heavy atom. The summed E-state index contributed by atoms with van der Waals surface area (Å²) in [6.45, 7) is 0.639. The van der Waals surface area contributed by atoms with Gasteiger partial charge in [-0.1, -0.05) is 34.8 Å². The monoisotopic (exact) mass is 475 g/mol. The van der Waals surface area contributed by atoms with Crippen molar-refractivity contribution in [3.63, 3.8) is 0 Å². The Morgan fingerprint density at radius 3 is 2.42 bits per heavy atom. The van der Waals surface area contributed by atoms with Crippen LogP contribution in [0.1, 0.15) is 18.4 Å². The highest BCUT2D eigenvalue weighted by atomic mass is 35.5. The summed E-state index contributed by atoms with van der Waals surface area (Å²) in [7, 11) is 0. The summed E-state index contributed by atoms with van der Waals surface area (Å²) in [5, 5.41) is 4.06. The molecule has 4 aliphatic rings. The van der Waals surface area contributed by atoms with Gasteiger partial charge in [0.15, 0.2) is 0 Å². The summed E-state index contributed by atoms with van der Waals surface area (Å²) < 4.78 is 0. The van der Waals surface area contributed by atoms with E-state index >= 15 is 0 Å². The first-order chi connectivity index (χ1) is 14.8. The Balaban J connectivity index is 1.57. The zero-order valence-corrected chi connectivity index (χ0v) is 18.3. The van der Waals surface area contributed by atoms with Crippen molar-refractivity contribution in [2.24, 2.45) is 11.8 Å². The number of carbonyl (C=O) groups is 3. The van der Waals surface area contributed by atoms with Crippen molar-refractivity contribution in [3.05, 3.63) is 57.0 Å². The maximum atomic E-state index is 13.8. The third-order valence-electron chi connectivity index (χ3n) is 7.06. The second-order valence-electron chi connectivity index (χ2n) is 8.46. The Hall–Kier alpha value is -2.12. The third-order valence-corrected chi connectivity index (χ3v) is 7.73. The van der Waals surface area contributed by atoms with Crippen molar-refractivity contribution in [1.82, 2.24) is 4.90 Å². The molecule has 31 heavy (non-hydrogen) atoms. The molecular formula is C22H16Cl3N3O3. The molecule has 4 atom stereocenters. The fourth-order valence-corrected chi connectivity index (χ4v) is 6.78. The van der Waals surface area contributed by atoms with E-state index < -0.39 is 23.3 Å². The van der Waals surface area contributed by atoms with Crippen LogP contribution in [0, 0.1) is 11.8 Å². The lowest BCUT2D eigenvalue weighted by atomic mass is 9.75. The first-order valence-electron chi connectivity index (χ1n) is 10.1. The van der Waals surface area contributed by atoms with Crippen molar-refractivity contribution in [1.29, 1.82) is 0 Å². The number of fused-ring (bicyclic) bond motifs is 7. The molecule has 6 rings (SSSR count). The molecule has 2 aromatic rings. The van der Waals surface area contributed by atoms with Gasteiger partial charge in [0.1, 0.15) is 5.54 Å². The molecule has 3 saturated heterocycles. The zero-order chi connectivity index (χ0) is 21.7. The Labute approximate surface area is 193 Å². The van der Waals surface area contributed by atoms with E-state index in [1.54, 1.807) is 36.4 Å². The van der Waals surface area contributed by atoms with E-state index in [1.807, 2.05) is 0 Å². The van der Waals surface area contributed by atoms with Crippen molar-refractivity contribution in [3.8, 4) is 0 Å². The zero-order valence-electron chi connectivity index (χ0n) is 16.1. The molecule has 4 heterocycles. The van der Waals surface area contributed by atoms with Gasteiger partial charge in [-0.2, -0.15) is 0 Å². The number of nitrogens with one attached hydrogen (secondary N) is 1. The number of rotatable bonds is 1. The lowest BCUT2D eigenvalue weighted by Gasteiger charge is -2.36. The summed E-state index contributed by atoms with van der Waals surface area (Å²) in [6, 6.07) is 9.63. The molecular weight excluding hydrogens is 461 g/mol. The van der Waals surface area contributed by atoms with Crippen LogP contribution < -0.4 is 10.2 Å². The van der Waals surface area contributed by atoms with Gasteiger partial charge < -0.3 is 5.32 Å². The molecule has 0 aromatic heterocycles. The van der Waals surface area contributed by atoms with Gasteiger partial charge in [-0.3, -0.25) is 19.3 Å². The number of anilines is 2. The quantitative estimate of drug-likeness (QED) is 0.630. The summed E-state index contributed by atoms with van der Waals surface area (Å²) in [5.74, 6) is -2.47. The second-order valence-corrected chi connectivity index (χ2v) is 9.77. The van der Waals surface area contributed by atoms with E-state index in [-0.39, 0.29) is 17.9 Å². The molecule has 2 aromatic carbocycles. The molecule has 0 unspecified atom stereocenters. The van der Waals surface area contributed by atoms with Gasteiger partial charge >= 0.3 is 0 Å². The van der Waals surface area contributed by atoms with Crippen molar-refractivity contribution < 1.29 is 14.4 Å². The number of amides is 3. The van der Waals surface area contributed by atoms with E-state index in [4.69, 9.17) is 34.8 Å². The van der Waals surface area contributed by atoms with Crippen LogP contribution in [0.25, 0.3) is 0 Å². The van der Waals surface area contributed by atoms with Crippen LogP contribution in [-0.4, -0.2) is 35.2 Å². The van der Waals surface area contributed by atoms with E-state index in [2.05, 4.69) is 10.2 Å². The van der Waals surface area contributed by atoms with Gasteiger partial charge in [0.05, 0.1) is 17.5 Å². The molecule has 0 aliphatic carbocycles. The number of benzene rings is 2. The number of hydrogen-bond acceptors (Lipinski definition) is 4. The molecule has 0 saturated carbocycles. The number of nitrogens with zero attached hydrogens (tertiary/aromatic N) is 2. The minimum Gasteiger partial charge on any atom is -0.324 e. The molecule has 3 amide bonds. The van der Waals surface area contributed by atoms with Gasteiger partial charge in [0.2, 0.25) is 17.7 Å². The first-order valence-corrected chi connectivity index (χ1v) is 11.2. The summed E-state index contributed by atoms with van der Waals surface area (Å²) in [4.78, 5) is 44.2. The molecule has 6 nitrogen and oxygen atoms in total. The highest BCUT2D eigenvalue weighted by Crippen LogP contribution is 2.61. The Morgan fingerprint density at radius 2 is 1.68 bits per heavy atom. The minimum absolute atomic E-state index is 0.197. The van der Waals surface area contributed by atoms with Gasteiger partial charge in [-0.05, 0) is 55.8 Å². The smallest absolute Gasteiger partial charge is 0.250 e. The largest absolute Gasteiger partial charge is 0.324 e. The SMILES string of the molecule is O=C1[C@@H]2[C@H]3CCCN3[C@@]3(C(=O)Nc4ccc(Cl)cc43)[C@H]2C(=O)N1c1cc(Cl)cc(Cl)c1. The fourth-order valence-electron chi connectivity index (χ4n) is 6.10. The van der Waals surface area contributed by atoms with Crippen LogP contribution in [0.15, 0.2) is 36.4 Å². The minimum atomic E-state index is -1.25. The van der Waals surface area contributed by atoms with Gasteiger partial charge in [0.25, 0.3) is 0 Å². The fraction of sp³-hybridized carbons (Fsp3) is 0.318. The predicted molar refractivity (Wildman–Crippen MR) is 117 cm³/mol. The van der Waals surface area contributed by atoms with Gasteiger partial charge in [-0.15, -0.1) is 0 Å². The number of imide groups is 1. The van der Waals surface area contributed by atoms with Crippen LogP contribution in [0.5, 0.6) is 0 Å². The molecule has 0 bridgehead atoms. The first kappa shape index (κ1) is 19.6. The summed E-state index contributed by atoms with van der Waals surface area (Å²) in [6.07, 6.45) is 1.60. The van der Waals surface area contributed by atoms with Crippen molar-refractivity contribution in [2.45, 2.75) is 24.4 Å². The molecule has 9 heteroatoms. The Kier molecular flexibility index (Phi) is 4.07. The second kappa shape index (κ2) is 6.45. The van der Waals surface area contributed by atoms with Crippen LogP contribution in [-0.2, 0) is 19.9 Å². The molecule has 0 radical (unpaired) electrons. The highest BCUT2D eigenvalue weighted by molar-refractivity contribution is 6.36. The molecule has 3 fully saturated rings. The molecule has 158 valence electrons. The predicted octanol–water partition coefficient (Wildman–Crippen LogP) is 4.08. The third kappa shape index (κ3) is 2.36. The van der Waals surface area contributed by atoms with E-state index in [1.165, 1.54) is 0 Å². The van der Waals surface area contributed by atoms with Crippen LogP contribution in [0.3, 0.4) is 0 Å². The van der Waals surface area contributed by atoms with Crippen LogP contribution in [0.4, 0.5) is 11.4 Å². The van der Waals surface area contributed by atoms with Crippen molar-refractivity contribution >= 4 is 63.9 Å². The van der Waals surface area contributed by atoms with Crippen LogP contribution in [0.2, 0.25) is 15.1 Å². The average molecular weight is 477 g/mol. The lowest BCUT2D eigenvalue weighted by molar-refractivity contribution is -0.135. The maximum Gasteiger partial charge on any atom is 0.250 e. The van der Waals surface area contributed by atoms with E-state index in [0.29, 0.717) is 38.6 Å². The van der Waals surface area contributed by atoms with Gasteiger partial charge in [-0.25, -0.2) is 4.90 Å². The number of hydrogen-bond donors (Lipinski definition) is 1. The number of halogens is 3.